The molecule has 11 heavy (non-hydrogen) atoms. The second-order valence-electron chi connectivity index (χ2n) is 3.15. The minimum absolute atomic E-state index is 0.111. The Balaban J connectivity index is 2.61. The van der Waals surface area contributed by atoms with E-state index in [1.807, 2.05) is 13.8 Å². The first kappa shape index (κ1) is 8.24. The van der Waals surface area contributed by atoms with Crippen molar-refractivity contribution < 1.29 is 9.59 Å². The molecule has 3 nitrogen and oxygen atoms in total. The summed E-state index contributed by atoms with van der Waals surface area (Å²) in [6, 6.07) is 0.159. The van der Waals surface area contributed by atoms with Crippen molar-refractivity contribution in [1.29, 1.82) is 0 Å². The molecule has 1 fully saturated rings. The topological polar surface area (TPSA) is 37.4 Å². The van der Waals surface area contributed by atoms with Gasteiger partial charge >= 0.3 is 0 Å². The average Bonchev–Trinajstić information content (AvgIpc) is 1.94. The molecule has 0 aromatic rings. The lowest BCUT2D eigenvalue weighted by atomic mass is 10.1. The molecule has 62 valence electrons. The van der Waals surface area contributed by atoms with Gasteiger partial charge in [0.05, 0.1) is 6.54 Å². The highest BCUT2D eigenvalue weighted by Gasteiger charge is 2.24. The number of amides is 1. The van der Waals surface area contributed by atoms with Crippen molar-refractivity contribution in [3.63, 3.8) is 0 Å². The van der Waals surface area contributed by atoms with Crippen LogP contribution < -0.4 is 0 Å². The van der Waals surface area contributed by atoms with E-state index in [4.69, 9.17) is 0 Å². The molecule has 1 aliphatic heterocycles. The molecule has 1 heterocycles. The van der Waals surface area contributed by atoms with Gasteiger partial charge in [0, 0.05) is 18.9 Å². The number of hydrogen-bond donors (Lipinski definition) is 0. The van der Waals surface area contributed by atoms with Crippen molar-refractivity contribution in [1.82, 2.24) is 4.90 Å². The molecular formula is C8H13NO2. The monoisotopic (exact) mass is 155 g/mol. The Morgan fingerprint density at radius 1 is 1.27 bits per heavy atom. The molecule has 0 unspecified atom stereocenters. The number of nitrogens with zero attached hydrogens (tertiary/aromatic N) is 1. The molecule has 0 bridgehead atoms. The Hall–Kier alpha value is -0.860. The standard InChI is InChI=1S/C8H13NO2/c1-6(2)9-5-7(10)3-4-8(9)11/h6H,3-5H2,1-2H3. The molecule has 0 aromatic carbocycles. The van der Waals surface area contributed by atoms with Crippen LogP contribution in [0.5, 0.6) is 0 Å². The average molecular weight is 155 g/mol. The largest absolute Gasteiger partial charge is 0.333 e. The fourth-order valence-corrected chi connectivity index (χ4v) is 1.22. The minimum Gasteiger partial charge on any atom is -0.333 e. The molecule has 0 atom stereocenters. The first-order chi connectivity index (χ1) is 5.11. The Morgan fingerprint density at radius 2 is 1.91 bits per heavy atom. The molecule has 1 aliphatic rings. The highest BCUT2D eigenvalue weighted by molar-refractivity contribution is 5.92. The lowest BCUT2D eigenvalue weighted by Crippen LogP contribution is -2.44. The van der Waals surface area contributed by atoms with E-state index >= 15 is 0 Å². The summed E-state index contributed by atoms with van der Waals surface area (Å²) < 4.78 is 0. The van der Waals surface area contributed by atoms with Gasteiger partial charge in [0.1, 0.15) is 0 Å². The number of Topliss-reactive ketones (excluding diaryl/α,β-unsaturated/α-hetero) is 1. The summed E-state index contributed by atoms with van der Waals surface area (Å²) in [5.41, 5.74) is 0. The van der Waals surface area contributed by atoms with E-state index in [-0.39, 0.29) is 17.7 Å². The van der Waals surface area contributed by atoms with Gasteiger partial charge in [-0.15, -0.1) is 0 Å². The van der Waals surface area contributed by atoms with Crippen LogP contribution in [0.1, 0.15) is 26.7 Å². The normalized spacial score (nSPS) is 19.7. The summed E-state index contributed by atoms with van der Waals surface area (Å²) in [6.07, 6.45) is 0.832. The van der Waals surface area contributed by atoms with Crippen molar-refractivity contribution in [2.45, 2.75) is 32.7 Å². The van der Waals surface area contributed by atoms with Crippen molar-refractivity contribution in [3.05, 3.63) is 0 Å². The number of carbonyl (C=O) groups excluding carboxylic acids is 2. The zero-order valence-electron chi connectivity index (χ0n) is 6.96. The van der Waals surface area contributed by atoms with Crippen LogP contribution in [0, 0.1) is 0 Å². The molecule has 1 amide bonds. The third-order valence-corrected chi connectivity index (χ3v) is 1.91. The number of carbonyl (C=O) groups is 2. The van der Waals surface area contributed by atoms with E-state index in [9.17, 15) is 9.59 Å². The van der Waals surface area contributed by atoms with Crippen molar-refractivity contribution in [3.8, 4) is 0 Å². The zero-order chi connectivity index (χ0) is 8.43. The van der Waals surface area contributed by atoms with E-state index in [1.54, 1.807) is 4.90 Å². The van der Waals surface area contributed by atoms with Crippen molar-refractivity contribution >= 4 is 11.7 Å². The van der Waals surface area contributed by atoms with Gasteiger partial charge in [-0.2, -0.15) is 0 Å². The molecule has 0 saturated carbocycles. The molecular weight excluding hydrogens is 142 g/mol. The van der Waals surface area contributed by atoms with E-state index < -0.39 is 0 Å². The molecule has 0 aliphatic carbocycles. The molecule has 3 heteroatoms. The summed E-state index contributed by atoms with van der Waals surface area (Å²) >= 11 is 0. The molecule has 1 saturated heterocycles. The van der Waals surface area contributed by atoms with Crippen LogP contribution >= 0.6 is 0 Å². The van der Waals surface area contributed by atoms with Gasteiger partial charge < -0.3 is 4.90 Å². The highest BCUT2D eigenvalue weighted by Crippen LogP contribution is 2.10. The first-order valence-electron chi connectivity index (χ1n) is 3.92. The number of hydrogen-bond acceptors (Lipinski definition) is 2. The summed E-state index contributed by atoms with van der Waals surface area (Å²) in [5, 5.41) is 0. The number of piperidine rings is 1. The predicted octanol–water partition coefficient (Wildman–Crippen LogP) is 0.586. The molecule has 0 N–H and O–H groups in total. The Morgan fingerprint density at radius 3 is 2.36 bits per heavy atom. The van der Waals surface area contributed by atoms with E-state index in [0.29, 0.717) is 19.4 Å². The minimum atomic E-state index is 0.111. The summed E-state index contributed by atoms with van der Waals surface area (Å²) in [5.74, 6) is 0.290. The first-order valence-corrected chi connectivity index (χ1v) is 3.92. The predicted molar refractivity (Wildman–Crippen MR) is 41.1 cm³/mol. The van der Waals surface area contributed by atoms with Gasteiger partial charge in [-0.25, -0.2) is 0 Å². The number of likely N-dealkylation sites (tertiary alicyclic amines) is 1. The van der Waals surface area contributed by atoms with E-state index in [0.717, 1.165) is 0 Å². The van der Waals surface area contributed by atoms with Crippen molar-refractivity contribution in [2.24, 2.45) is 0 Å². The second kappa shape index (κ2) is 3.03. The maximum Gasteiger partial charge on any atom is 0.223 e. The van der Waals surface area contributed by atoms with Crippen LogP contribution in [0.15, 0.2) is 0 Å². The SMILES string of the molecule is CC(C)N1CC(=O)CCC1=O. The van der Waals surface area contributed by atoms with Crippen LogP contribution in [0.3, 0.4) is 0 Å². The third kappa shape index (κ3) is 1.79. The fraction of sp³-hybridized carbons (Fsp3) is 0.750. The quantitative estimate of drug-likeness (QED) is 0.555. The summed E-state index contributed by atoms with van der Waals surface area (Å²) in [4.78, 5) is 23.7. The Bertz CT molecular complexity index is 187. The van der Waals surface area contributed by atoms with Crippen LogP contribution in [0.25, 0.3) is 0 Å². The van der Waals surface area contributed by atoms with Crippen LogP contribution in [0.4, 0.5) is 0 Å². The van der Waals surface area contributed by atoms with Crippen LogP contribution in [0.2, 0.25) is 0 Å². The number of rotatable bonds is 1. The van der Waals surface area contributed by atoms with Gasteiger partial charge in [0.2, 0.25) is 5.91 Å². The molecule has 1 rings (SSSR count). The Labute approximate surface area is 66.4 Å². The maximum atomic E-state index is 11.2. The van der Waals surface area contributed by atoms with Gasteiger partial charge in [0.25, 0.3) is 0 Å². The lowest BCUT2D eigenvalue weighted by molar-refractivity contribution is -0.141. The molecule has 0 radical (unpaired) electrons. The maximum absolute atomic E-state index is 11.2. The highest BCUT2D eigenvalue weighted by atomic mass is 16.2. The van der Waals surface area contributed by atoms with Gasteiger partial charge in [-0.3, -0.25) is 9.59 Å². The van der Waals surface area contributed by atoms with Crippen LogP contribution in [-0.4, -0.2) is 29.2 Å². The molecule has 0 aromatic heterocycles. The van der Waals surface area contributed by atoms with E-state index in [1.165, 1.54) is 0 Å². The smallest absolute Gasteiger partial charge is 0.223 e. The molecule has 0 spiro atoms. The third-order valence-electron chi connectivity index (χ3n) is 1.91. The lowest BCUT2D eigenvalue weighted by Gasteiger charge is -2.29. The summed E-state index contributed by atoms with van der Waals surface area (Å²) in [6.45, 7) is 4.17. The van der Waals surface area contributed by atoms with E-state index in [2.05, 4.69) is 0 Å². The zero-order valence-corrected chi connectivity index (χ0v) is 6.96. The van der Waals surface area contributed by atoms with Crippen molar-refractivity contribution in [2.75, 3.05) is 6.54 Å². The number of ketones is 1. The fourth-order valence-electron chi connectivity index (χ4n) is 1.22. The van der Waals surface area contributed by atoms with Gasteiger partial charge in [-0.1, -0.05) is 0 Å². The van der Waals surface area contributed by atoms with Crippen LogP contribution in [-0.2, 0) is 9.59 Å². The van der Waals surface area contributed by atoms with Gasteiger partial charge in [0.15, 0.2) is 5.78 Å². The van der Waals surface area contributed by atoms with Gasteiger partial charge in [-0.05, 0) is 13.8 Å². The Kier molecular flexibility index (Phi) is 2.27. The second-order valence-corrected chi connectivity index (χ2v) is 3.15. The summed E-state index contributed by atoms with van der Waals surface area (Å²) in [7, 11) is 0.